The summed E-state index contributed by atoms with van der Waals surface area (Å²) in [6.45, 7) is 5.67. The number of allylic oxidation sites excluding steroid dienone is 2. The molecule has 7 heteroatoms. The first kappa shape index (κ1) is 20.4. The molecule has 1 atom stereocenters. The summed E-state index contributed by atoms with van der Waals surface area (Å²) in [6, 6.07) is 0. The molecule has 1 aromatic carbocycles. The zero-order valence-electron chi connectivity index (χ0n) is 16.2. The van der Waals surface area contributed by atoms with E-state index in [2.05, 4.69) is 4.99 Å². The summed E-state index contributed by atoms with van der Waals surface area (Å²) in [5, 5.41) is 0. The quantitative estimate of drug-likeness (QED) is 0.315. The van der Waals surface area contributed by atoms with Crippen LogP contribution >= 0.6 is 0 Å². The van der Waals surface area contributed by atoms with Gasteiger partial charge >= 0.3 is 11.9 Å². The number of carbonyl (C=O) groups excluding carboxylic acids is 3. The maximum Gasteiger partial charge on any atom is 0.341 e. The van der Waals surface area contributed by atoms with Crippen molar-refractivity contribution in [1.82, 2.24) is 0 Å². The van der Waals surface area contributed by atoms with E-state index >= 15 is 0 Å². The average molecular weight is 373 g/mol. The number of cyclic esters (lactones) is 1. The molecular weight excluding hydrogens is 350 g/mol. The van der Waals surface area contributed by atoms with Gasteiger partial charge in [0.05, 0.1) is 31.4 Å². The van der Waals surface area contributed by atoms with Gasteiger partial charge in [0.25, 0.3) is 0 Å². The van der Waals surface area contributed by atoms with Crippen molar-refractivity contribution in [3.63, 3.8) is 0 Å². The predicted octanol–water partition coefficient (Wildman–Crippen LogP) is 3.33. The topological polar surface area (TPSA) is 91.3 Å². The molecule has 0 saturated carbocycles. The second kappa shape index (κ2) is 8.64. The first-order valence-electron chi connectivity index (χ1n) is 8.56. The first-order chi connectivity index (χ1) is 12.8. The summed E-state index contributed by atoms with van der Waals surface area (Å²) in [7, 11) is 2.89. The fraction of sp³-hybridized carbons (Fsp3) is 0.450. The summed E-state index contributed by atoms with van der Waals surface area (Å²) in [4.78, 5) is 38.5. The molecule has 1 aromatic rings. The molecule has 0 N–H and O–H groups in total. The normalized spacial score (nSPS) is 14.1. The number of rotatable bonds is 7. The van der Waals surface area contributed by atoms with Crippen molar-refractivity contribution in [2.75, 3.05) is 14.2 Å². The number of benzene rings is 1. The van der Waals surface area contributed by atoms with E-state index in [0.717, 1.165) is 11.1 Å². The summed E-state index contributed by atoms with van der Waals surface area (Å²) in [5.74, 6) is -0.489. The largest absolute Gasteiger partial charge is 0.496 e. The number of aliphatic imine (C=N–C) groups is 1. The van der Waals surface area contributed by atoms with Crippen molar-refractivity contribution in [1.29, 1.82) is 0 Å². The van der Waals surface area contributed by atoms with Crippen molar-refractivity contribution in [2.45, 2.75) is 40.2 Å². The summed E-state index contributed by atoms with van der Waals surface area (Å²) < 4.78 is 15.4. The smallest absolute Gasteiger partial charge is 0.341 e. The molecule has 144 valence electrons. The Bertz CT molecular complexity index is 849. The number of hydrogen-bond acceptors (Lipinski definition) is 7. The Balaban J connectivity index is 2.47. The molecule has 0 bridgehead atoms. The van der Waals surface area contributed by atoms with E-state index in [1.54, 1.807) is 6.92 Å². The Morgan fingerprint density at radius 1 is 1.41 bits per heavy atom. The van der Waals surface area contributed by atoms with Crippen molar-refractivity contribution in [2.24, 2.45) is 10.9 Å². The Kier molecular flexibility index (Phi) is 6.53. The van der Waals surface area contributed by atoms with E-state index in [1.165, 1.54) is 20.3 Å². The second-order valence-corrected chi connectivity index (χ2v) is 6.50. The number of ether oxygens (including phenoxy) is 3. The summed E-state index contributed by atoms with van der Waals surface area (Å²) >= 11 is 0. The Morgan fingerprint density at radius 3 is 2.70 bits per heavy atom. The van der Waals surface area contributed by atoms with Crippen molar-refractivity contribution in [3.05, 3.63) is 33.9 Å². The number of carbonyl (C=O) groups is 2. The highest BCUT2D eigenvalue weighted by Crippen LogP contribution is 2.42. The molecule has 0 radical (unpaired) electrons. The molecule has 0 spiro atoms. The lowest BCUT2D eigenvalue weighted by molar-refractivity contribution is -0.144. The number of nitrogens with zero attached hydrogens (tertiary/aromatic N) is 1. The molecular formula is C20H23NO6. The van der Waals surface area contributed by atoms with Crippen LogP contribution in [0, 0.1) is 12.8 Å². The lowest BCUT2D eigenvalue weighted by Crippen LogP contribution is -2.12. The van der Waals surface area contributed by atoms with Crippen LogP contribution in [0.3, 0.4) is 0 Å². The van der Waals surface area contributed by atoms with Crippen LogP contribution in [0.1, 0.15) is 47.3 Å². The van der Waals surface area contributed by atoms with Gasteiger partial charge in [-0.1, -0.05) is 18.6 Å². The molecule has 27 heavy (non-hydrogen) atoms. The van der Waals surface area contributed by atoms with Crippen molar-refractivity contribution < 1.29 is 28.6 Å². The van der Waals surface area contributed by atoms with Crippen LogP contribution < -0.4 is 4.74 Å². The highest BCUT2D eigenvalue weighted by atomic mass is 16.5. The van der Waals surface area contributed by atoms with Gasteiger partial charge in [-0.15, -0.1) is 0 Å². The lowest BCUT2D eigenvalue weighted by Gasteiger charge is -2.16. The number of esters is 2. The predicted molar refractivity (Wildman–Crippen MR) is 97.9 cm³/mol. The molecule has 0 amide bonds. The maximum atomic E-state index is 12.1. The Labute approximate surface area is 158 Å². The molecule has 1 aliphatic rings. The number of isocyanates is 1. The van der Waals surface area contributed by atoms with Gasteiger partial charge in [-0.3, -0.25) is 4.79 Å². The van der Waals surface area contributed by atoms with E-state index in [9.17, 15) is 14.4 Å². The van der Waals surface area contributed by atoms with Gasteiger partial charge in [-0.25, -0.2) is 9.59 Å². The van der Waals surface area contributed by atoms with Gasteiger partial charge in [-0.05, 0) is 32.3 Å². The second-order valence-electron chi connectivity index (χ2n) is 6.50. The third kappa shape index (κ3) is 4.09. The molecule has 2 rings (SSSR count). The third-order valence-corrected chi connectivity index (χ3v) is 4.69. The van der Waals surface area contributed by atoms with Crippen LogP contribution in [0.2, 0.25) is 0 Å². The van der Waals surface area contributed by atoms with Crippen LogP contribution in [-0.4, -0.2) is 32.2 Å². The molecule has 0 fully saturated rings. The molecule has 7 nitrogen and oxygen atoms in total. The van der Waals surface area contributed by atoms with E-state index in [0.29, 0.717) is 35.3 Å². The summed E-state index contributed by atoms with van der Waals surface area (Å²) in [6.07, 6.45) is 4.36. The molecule has 0 aromatic heterocycles. The van der Waals surface area contributed by atoms with Gasteiger partial charge in [0.2, 0.25) is 6.08 Å². The molecule has 1 heterocycles. The minimum atomic E-state index is -0.508. The van der Waals surface area contributed by atoms with Crippen LogP contribution in [0.15, 0.2) is 16.6 Å². The molecule has 0 aliphatic carbocycles. The summed E-state index contributed by atoms with van der Waals surface area (Å²) in [5.41, 5.74) is 3.56. The minimum absolute atomic E-state index is 0.129. The monoisotopic (exact) mass is 373 g/mol. The Morgan fingerprint density at radius 2 is 2.11 bits per heavy atom. The van der Waals surface area contributed by atoms with Gasteiger partial charge < -0.3 is 14.2 Å². The van der Waals surface area contributed by atoms with Gasteiger partial charge in [-0.2, -0.15) is 4.99 Å². The van der Waals surface area contributed by atoms with Gasteiger partial charge in [0.1, 0.15) is 12.4 Å². The van der Waals surface area contributed by atoms with Crippen molar-refractivity contribution in [3.8, 4) is 5.75 Å². The fourth-order valence-electron chi connectivity index (χ4n) is 3.32. The number of fused-ring (bicyclic) bond motifs is 1. The molecule has 0 saturated heterocycles. The lowest BCUT2D eigenvalue weighted by atomic mass is 9.93. The van der Waals surface area contributed by atoms with E-state index in [1.807, 2.05) is 19.9 Å². The number of methoxy groups -OCH3 is 2. The standard InChI is InChI=1S/C20H23NO6/c1-11(8-12(2)19(23)26-5)6-7-14-17(21-10-22)16-15(9-27-20(16)24)13(3)18(14)25-4/h6,12H,7-9H2,1-5H3/b11-6+/t12-/m0/s1. The molecule has 0 unspecified atom stereocenters. The average Bonchev–Trinajstić information content (AvgIpc) is 3.03. The zero-order chi connectivity index (χ0) is 20.1. The third-order valence-electron chi connectivity index (χ3n) is 4.69. The zero-order valence-corrected chi connectivity index (χ0v) is 16.2. The highest BCUT2D eigenvalue weighted by Gasteiger charge is 2.32. The van der Waals surface area contributed by atoms with Crippen LogP contribution in [0.5, 0.6) is 5.75 Å². The van der Waals surface area contributed by atoms with E-state index in [4.69, 9.17) is 14.2 Å². The van der Waals surface area contributed by atoms with E-state index in [-0.39, 0.29) is 24.2 Å². The van der Waals surface area contributed by atoms with Gasteiger partial charge in [0, 0.05) is 11.1 Å². The van der Waals surface area contributed by atoms with Crippen LogP contribution in [-0.2, 0) is 32.1 Å². The van der Waals surface area contributed by atoms with Crippen LogP contribution in [0.25, 0.3) is 0 Å². The van der Waals surface area contributed by atoms with E-state index < -0.39 is 5.97 Å². The van der Waals surface area contributed by atoms with Crippen LogP contribution in [0.4, 0.5) is 5.69 Å². The maximum absolute atomic E-state index is 12.1. The minimum Gasteiger partial charge on any atom is -0.496 e. The Hall–Kier alpha value is -2.92. The van der Waals surface area contributed by atoms with Gasteiger partial charge in [0.15, 0.2) is 0 Å². The molecule has 1 aliphatic heterocycles. The number of hydrogen-bond donors (Lipinski definition) is 0. The van der Waals surface area contributed by atoms with Crippen molar-refractivity contribution >= 4 is 23.7 Å². The SMILES string of the molecule is COC(=O)[C@@H](C)C/C(C)=C/Cc1c(N=C=O)c2c(c(C)c1OC)COC2=O. The fourth-order valence-corrected chi connectivity index (χ4v) is 3.32. The first-order valence-corrected chi connectivity index (χ1v) is 8.56. The highest BCUT2D eigenvalue weighted by molar-refractivity contribution is 6.01.